The van der Waals surface area contributed by atoms with E-state index < -0.39 is 0 Å². The summed E-state index contributed by atoms with van der Waals surface area (Å²) in [6.45, 7) is 10.1. The normalized spacial score (nSPS) is 11.1. The van der Waals surface area contributed by atoms with E-state index in [1.165, 1.54) is 17.3 Å². The number of nitrogens with one attached hydrogen (secondary N) is 1. The first-order valence-electron chi connectivity index (χ1n) is 9.48. The molecule has 0 saturated carbocycles. The first kappa shape index (κ1) is 19.7. The molecule has 7 heteroatoms. The van der Waals surface area contributed by atoms with Gasteiger partial charge in [0.1, 0.15) is 5.39 Å². The largest absolute Gasteiger partial charge is 0.372 e. The third-order valence-electron chi connectivity index (χ3n) is 5.26. The number of anilines is 3. The zero-order valence-corrected chi connectivity index (χ0v) is 17.3. The number of rotatable bonds is 5. The van der Waals surface area contributed by atoms with E-state index in [0.717, 1.165) is 34.5 Å². The van der Waals surface area contributed by atoms with Crippen molar-refractivity contribution in [3.8, 4) is 0 Å². The maximum Gasteiger partial charge on any atom is 0.332 e. The first-order valence-corrected chi connectivity index (χ1v) is 9.48. The maximum atomic E-state index is 12.8. The first-order chi connectivity index (χ1) is 13.3. The predicted octanol–water partition coefficient (Wildman–Crippen LogP) is 2.84. The second-order valence-corrected chi connectivity index (χ2v) is 7.02. The van der Waals surface area contributed by atoms with Crippen molar-refractivity contribution in [1.82, 2.24) is 14.1 Å². The average Bonchev–Trinajstić information content (AvgIpc) is 2.68. The Morgan fingerprint density at radius 3 is 2.32 bits per heavy atom. The van der Waals surface area contributed by atoms with Crippen LogP contribution in [-0.2, 0) is 14.1 Å². The standard InChI is InChI=1S/C21H27N5O2/c1-7-26(8-2)15-9-10-16(13(3)11-15)23-18-14(4)12-22-19-17(18)20(27)25(6)21(28)24(19)5/h9-12H,7-8H2,1-6H3,(H,22,23). The molecule has 0 atom stereocenters. The Bertz CT molecular complexity index is 1160. The predicted molar refractivity (Wildman–Crippen MR) is 115 cm³/mol. The monoisotopic (exact) mass is 381 g/mol. The van der Waals surface area contributed by atoms with E-state index in [1.807, 2.05) is 19.9 Å². The van der Waals surface area contributed by atoms with Gasteiger partial charge >= 0.3 is 5.69 Å². The molecule has 0 radical (unpaired) electrons. The second kappa shape index (κ2) is 7.50. The lowest BCUT2D eigenvalue weighted by Crippen LogP contribution is -2.37. The van der Waals surface area contributed by atoms with Crippen LogP contribution < -0.4 is 21.5 Å². The minimum absolute atomic E-state index is 0.353. The summed E-state index contributed by atoms with van der Waals surface area (Å²) in [5.74, 6) is 0. The van der Waals surface area contributed by atoms with Crippen LogP contribution in [0.15, 0.2) is 34.0 Å². The van der Waals surface area contributed by atoms with Gasteiger partial charge in [0.15, 0.2) is 5.65 Å². The fraction of sp³-hybridized carbons (Fsp3) is 0.381. The number of pyridine rings is 1. The van der Waals surface area contributed by atoms with E-state index in [9.17, 15) is 9.59 Å². The van der Waals surface area contributed by atoms with Crippen molar-refractivity contribution in [2.45, 2.75) is 27.7 Å². The fourth-order valence-electron chi connectivity index (χ4n) is 3.49. The van der Waals surface area contributed by atoms with Crippen LogP contribution >= 0.6 is 0 Å². The van der Waals surface area contributed by atoms with Crippen molar-refractivity contribution in [2.75, 3.05) is 23.3 Å². The summed E-state index contributed by atoms with van der Waals surface area (Å²) in [6.07, 6.45) is 1.68. The lowest BCUT2D eigenvalue weighted by molar-refractivity contribution is 0.707. The Hall–Kier alpha value is -3.09. The van der Waals surface area contributed by atoms with Gasteiger partial charge in [-0.05, 0) is 57.0 Å². The Morgan fingerprint density at radius 1 is 1.04 bits per heavy atom. The van der Waals surface area contributed by atoms with Gasteiger partial charge in [0.2, 0.25) is 0 Å². The molecule has 3 rings (SSSR count). The third-order valence-corrected chi connectivity index (χ3v) is 5.26. The van der Waals surface area contributed by atoms with Gasteiger partial charge in [0, 0.05) is 44.8 Å². The topological polar surface area (TPSA) is 72.2 Å². The summed E-state index contributed by atoms with van der Waals surface area (Å²) in [6, 6.07) is 6.25. The molecule has 0 spiro atoms. The van der Waals surface area contributed by atoms with Gasteiger partial charge < -0.3 is 10.2 Å². The van der Waals surface area contributed by atoms with Crippen LogP contribution in [0.2, 0.25) is 0 Å². The number of nitrogens with zero attached hydrogens (tertiary/aromatic N) is 4. The highest BCUT2D eigenvalue weighted by molar-refractivity contribution is 5.92. The quantitative estimate of drug-likeness (QED) is 0.736. The van der Waals surface area contributed by atoms with E-state index in [4.69, 9.17) is 0 Å². The average molecular weight is 381 g/mol. The van der Waals surface area contributed by atoms with Crippen molar-refractivity contribution < 1.29 is 0 Å². The van der Waals surface area contributed by atoms with E-state index in [0.29, 0.717) is 16.7 Å². The Kier molecular flexibility index (Phi) is 5.27. The molecule has 0 aliphatic rings. The highest BCUT2D eigenvalue weighted by atomic mass is 16.2. The Morgan fingerprint density at radius 2 is 1.71 bits per heavy atom. The number of benzene rings is 1. The van der Waals surface area contributed by atoms with Gasteiger partial charge in [0.25, 0.3) is 5.56 Å². The van der Waals surface area contributed by atoms with Crippen LogP contribution in [0.3, 0.4) is 0 Å². The van der Waals surface area contributed by atoms with Crippen molar-refractivity contribution in [1.29, 1.82) is 0 Å². The maximum absolute atomic E-state index is 12.8. The highest BCUT2D eigenvalue weighted by Gasteiger charge is 2.16. The van der Waals surface area contributed by atoms with Crippen LogP contribution in [0.1, 0.15) is 25.0 Å². The molecule has 0 fully saturated rings. The lowest BCUT2D eigenvalue weighted by Gasteiger charge is -2.23. The molecule has 0 unspecified atom stereocenters. The second-order valence-electron chi connectivity index (χ2n) is 7.02. The molecule has 0 aliphatic heterocycles. The Labute approximate surface area is 164 Å². The van der Waals surface area contributed by atoms with Crippen LogP contribution in [0.5, 0.6) is 0 Å². The summed E-state index contributed by atoms with van der Waals surface area (Å²) in [7, 11) is 3.11. The van der Waals surface area contributed by atoms with Crippen molar-refractivity contribution >= 4 is 28.1 Å². The lowest BCUT2D eigenvalue weighted by atomic mass is 10.1. The summed E-state index contributed by atoms with van der Waals surface area (Å²) in [4.78, 5) is 31.7. The van der Waals surface area contributed by atoms with Crippen LogP contribution in [0, 0.1) is 13.8 Å². The molecule has 28 heavy (non-hydrogen) atoms. The van der Waals surface area contributed by atoms with Crippen molar-refractivity contribution in [2.24, 2.45) is 14.1 Å². The minimum Gasteiger partial charge on any atom is -0.372 e. The molecule has 3 aromatic rings. The molecule has 2 heterocycles. The Balaban J connectivity index is 2.17. The van der Waals surface area contributed by atoms with Crippen molar-refractivity contribution in [3.05, 3.63) is 56.4 Å². The molecule has 0 saturated heterocycles. The molecule has 7 nitrogen and oxygen atoms in total. The molecule has 0 bridgehead atoms. The summed E-state index contributed by atoms with van der Waals surface area (Å²) < 4.78 is 2.52. The van der Waals surface area contributed by atoms with Gasteiger partial charge in [-0.25, -0.2) is 9.78 Å². The molecule has 1 N–H and O–H groups in total. The fourth-order valence-corrected chi connectivity index (χ4v) is 3.49. The number of aromatic nitrogens is 3. The molecular formula is C21H27N5O2. The minimum atomic E-state index is -0.389. The molecule has 2 aromatic heterocycles. The summed E-state index contributed by atoms with van der Waals surface area (Å²) >= 11 is 0. The molecule has 148 valence electrons. The van der Waals surface area contributed by atoms with Crippen molar-refractivity contribution in [3.63, 3.8) is 0 Å². The van der Waals surface area contributed by atoms with E-state index in [1.54, 1.807) is 13.2 Å². The highest BCUT2D eigenvalue weighted by Crippen LogP contribution is 2.29. The van der Waals surface area contributed by atoms with E-state index >= 15 is 0 Å². The number of aryl methyl sites for hydroxylation is 3. The van der Waals surface area contributed by atoms with Gasteiger partial charge in [0.05, 0.1) is 5.69 Å². The zero-order chi connectivity index (χ0) is 20.6. The number of hydrogen-bond acceptors (Lipinski definition) is 5. The molecule has 1 aromatic carbocycles. The zero-order valence-electron chi connectivity index (χ0n) is 17.3. The van der Waals surface area contributed by atoms with Gasteiger partial charge in [-0.2, -0.15) is 0 Å². The summed E-state index contributed by atoms with van der Waals surface area (Å²) in [5.41, 5.74) is 4.32. The van der Waals surface area contributed by atoms with Crippen LogP contribution in [0.4, 0.5) is 17.1 Å². The van der Waals surface area contributed by atoms with Gasteiger partial charge in [-0.15, -0.1) is 0 Å². The van der Waals surface area contributed by atoms with Crippen LogP contribution in [-0.4, -0.2) is 27.2 Å². The smallest absolute Gasteiger partial charge is 0.332 e. The third kappa shape index (κ3) is 3.17. The van der Waals surface area contributed by atoms with Crippen LogP contribution in [0.25, 0.3) is 11.0 Å². The molecule has 0 aliphatic carbocycles. The number of fused-ring (bicyclic) bond motifs is 1. The van der Waals surface area contributed by atoms with E-state index in [2.05, 4.69) is 41.2 Å². The molecular weight excluding hydrogens is 354 g/mol. The van der Waals surface area contributed by atoms with Gasteiger partial charge in [-0.3, -0.25) is 13.9 Å². The van der Waals surface area contributed by atoms with E-state index in [-0.39, 0.29) is 11.2 Å². The summed E-state index contributed by atoms with van der Waals surface area (Å²) in [5, 5.41) is 3.83. The molecule has 0 amide bonds. The SMILES string of the molecule is CCN(CC)c1ccc(Nc2c(C)cnc3c2c(=O)n(C)c(=O)n3C)c(C)c1. The number of hydrogen-bond donors (Lipinski definition) is 1. The van der Waals surface area contributed by atoms with Gasteiger partial charge in [-0.1, -0.05) is 0 Å².